The molecular weight excluding hydrogens is 460 g/mol. The van der Waals surface area contributed by atoms with Gasteiger partial charge in [-0.1, -0.05) is 57.0 Å². The number of carbonyl (C=O) groups is 3. The van der Waals surface area contributed by atoms with Crippen LogP contribution in [0.4, 0.5) is 5.69 Å². The lowest BCUT2D eigenvalue weighted by molar-refractivity contribution is -0.468. The topological polar surface area (TPSA) is 127 Å². The van der Waals surface area contributed by atoms with E-state index in [-0.39, 0.29) is 24.8 Å². The van der Waals surface area contributed by atoms with Crippen LogP contribution in [0.25, 0.3) is 0 Å². The number of unbranched alkanes of at least 4 members (excludes halogenated alkanes) is 2. The predicted molar refractivity (Wildman–Crippen MR) is 139 cm³/mol. The molecule has 2 aromatic rings. The second-order valence-corrected chi connectivity index (χ2v) is 8.94. The zero-order chi connectivity index (χ0) is 26.5. The van der Waals surface area contributed by atoms with Crippen LogP contribution in [0.2, 0.25) is 0 Å². The van der Waals surface area contributed by atoms with Gasteiger partial charge in [-0.25, -0.2) is 0 Å². The van der Waals surface area contributed by atoms with Gasteiger partial charge in [0, 0.05) is 42.2 Å². The van der Waals surface area contributed by atoms with Crippen LogP contribution in [0.1, 0.15) is 61.9 Å². The van der Waals surface area contributed by atoms with Crippen LogP contribution in [0.5, 0.6) is 0 Å². The van der Waals surface area contributed by atoms with Gasteiger partial charge in [0.05, 0.1) is 0 Å². The van der Waals surface area contributed by atoms with Crippen LogP contribution in [-0.4, -0.2) is 47.2 Å². The molecule has 36 heavy (non-hydrogen) atoms. The van der Waals surface area contributed by atoms with Crippen molar-refractivity contribution in [2.24, 2.45) is 11.7 Å². The Kier molecular flexibility index (Phi) is 11.7. The second kappa shape index (κ2) is 14.7. The van der Waals surface area contributed by atoms with Crippen molar-refractivity contribution >= 4 is 23.4 Å². The molecule has 3 amide bonds. The number of imide groups is 1. The minimum absolute atomic E-state index is 0.0657. The third kappa shape index (κ3) is 8.88. The van der Waals surface area contributed by atoms with E-state index in [1.165, 1.54) is 0 Å². The molecule has 2 N–H and O–H groups in total. The van der Waals surface area contributed by atoms with E-state index in [4.69, 9.17) is 5.73 Å². The average Bonchev–Trinajstić information content (AvgIpc) is 2.88. The fourth-order valence-electron chi connectivity index (χ4n) is 3.91. The summed E-state index contributed by atoms with van der Waals surface area (Å²) in [4.78, 5) is 51.4. The first-order valence-corrected chi connectivity index (χ1v) is 12.4. The molecule has 0 spiro atoms. The second-order valence-electron chi connectivity index (χ2n) is 8.94. The largest absolute Gasteiger partial charge is 0.326 e. The number of anilines is 1. The maximum atomic E-state index is 13.4. The van der Waals surface area contributed by atoms with Gasteiger partial charge in [-0.3, -0.25) is 29.4 Å². The quantitative estimate of drug-likeness (QED) is 0.239. The summed E-state index contributed by atoms with van der Waals surface area (Å²) in [6, 6.07) is 16.5. The fourth-order valence-corrected chi connectivity index (χ4v) is 3.91. The van der Waals surface area contributed by atoms with Gasteiger partial charge in [0.1, 0.15) is 0 Å². The summed E-state index contributed by atoms with van der Waals surface area (Å²) >= 11 is 0. The Bertz CT molecular complexity index is 1030. The Labute approximate surface area is 212 Å². The van der Waals surface area contributed by atoms with Crippen molar-refractivity contribution in [2.45, 2.75) is 52.5 Å². The zero-order valence-corrected chi connectivity index (χ0v) is 21.1. The van der Waals surface area contributed by atoms with Gasteiger partial charge < -0.3 is 10.6 Å². The number of hydrogen-bond donors (Lipinski definition) is 1. The zero-order valence-electron chi connectivity index (χ0n) is 21.1. The molecule has 9 heteroatoms. The lowest BCUT2D eigenvalue weighted by atomic mass is 10.0. The van der Waals surface area contributed by atoms with E-state index < -0.39 is 23.3 Å². The summed E-state index contributed by atoms with van der Waals surface area (Å²) in [6.07, 6.45) is 2.83. The van der Waals surface area contributed by atoms with Crippen molar-refractivity contribution in [1.82, 2.24) is 4.90 Å². The van der Waals surface area contributed by atoms with Gasteiger partial charge in [0.25, 0.3) is 12.5 Å². The molecule has 0 fully saturated rings. The highest BCUT2D eigenvalue weighted by atomic mass is 16.6. The number of hydrogen-bond acceptors (Lipinski definition) is 6. The number of para-hydroxylation sites is 1. The number of benzene rings is 2. The van der Waals surface area contributed by atoms with E-state index in [0.717, 1.165) is 29.0 Å². The molecule has 0 saturated carbocycles. The lowest BCUT2D eigenvalue weighted by Gasteiger charge is -2.27. The first kappa shape index (κ1) is 28.6. The highest BCUT2D eigenvalue weighted by Crippen LogP contribution is 2.21. The Morgan fingerprint density at radius 2 is 1.75 bits per heavy atom. The van der Waals surface area contributed by atoms with Gasteiger partial charge in [-0.15, -0.1) is 0 Å². The summed E-state index contributed by atoms with van der Waals surface area (Å²) in [5.41, 5.74) is 7.86. The third-order valence-electron chi connectivity index (χ3n) is 5.92. The lowest BCUT2D eigenvalue weighted by Crippen LogP contribution is -2.41. The minimum atomic E-state index is -0.897. The predicted octanol–water partition coefficient (Wildman–Crippen LogP) is 4.03. The number of nitro groups is 1. The molecule has 0 bridgehead atoms. The maximum Gasteiger partial charge on any atom is 0.300 e. The van der Waals surface area contributed by atoms with Crippen molar-refractivity contribution in [2.75, 3.05) is 24.5 Å². The molecule has 0 aliphatic carbocycles. The summed E-state index contributed by atoms with van der Waals surface area (Å²) in [5, 5.41) is 10.8. The molecule has 0 aliphatic rings. The van der Waals surface area contributed by atoms with Crippen LogP contribution in [0.3, 0.4) is 0 Å². The smallest absolute Gasteiger partial charge is 0.300 e. The van der Waals surface area contributed by atoms with E-state index in [0.29, 0.717) is 31.5 Å². The van der Waals surface area contributed by atoms with Crippen molar-refractivity contribution in [3.05, 3.63) is 75.8 Å². The standard InChI is InChI=1S/C27H36N4O5/c1-3-4-8-16-29(26(33)20-31(35)36)25(32)15-14-21(2)19-30(24-12-6-5-7-13-24)27(34)23-11-9-10-22(17-23)18-28/h5-7,9-13,17,21H,3-4,8,14-16,18-20,28H2,1-2H3. The first-order valence-electron chi connectivity index (χ1n) is 12.4. The summed E-state index contributed by atoms with van der Waals surface area (Å²) in [6.45, 7) is 3.91. The van der Waals surface area contributed by atoms with E-state index in [9.17, 15) is 24.5 Å². The van der Waals surface area contributed by atoms with Crippen molar-refractivity contribution in [1.29, 1.82) is 0 Å². The molecule has 9 nitrogen and oxygen atoms in total. The maximum absolute atomic E-state index is 13.4. The molecule has 1 atom stereocenters. The van der Waals surface area contributed by atoms with E-state index in [1.807, 2.05) is 50.2 Å². The third-order valence-corrected chi connectivity index (χ3v) is 5.92. The van der Waals surface area contributed by atoms with E-state index in [1.54, 1.807) is 23.1 Å². The minimum Gasteiger partial charge on any atom is -0.326 e. The molecule has 0 saturated heterocycles. The Hall–Kier alpha value is -3.59. The fraction of sp³-hybridized carbons (Fsp3) is 0.444. The molecular formula is C27H36N4O5. The van der Waals surface area contributed by atoms with Gasteiger partial charge in [0.15, 0.2) is 0 Å². The van der Waals surface area contributed by atoms with Gasteiger partial charge >= 0.3 is 5.91 Å². The molecule has 0 radical (unpaired) electrons. The molecule has 2 aromatic carbocycles. The number of nitrogens with two attached hydrogens (primary N) is 1. The van der Waals surface area contributed by atoms with Crippen molar-refractivity contribution in [3.8, 4) is 0 Å². The van der Waals surface area contributed by atoms with Crippen LogP contribution >= 0.6 is 0 Å². The summed E-state index contributed by atoms with van der Waals surface area (Å²) in [7, 11) is 0. The number of nitrogens with zero attached hydrogens (tertiary/aromatic N) is 3. The van der Waals surface area contributed by atoms with Crippen LogP contribution in [0.15, 0.2) is 54.6 Å². The van der Waals surface area contributed by atoms with Crippen molar-refractivity contribution < 1.29 is 19.3 Å². The molecule has 2 rings (SSSR count). The van der Waals surface area contributed by atoms with Crippen molar-refractivity contribution in [3.63, 3.8) is 0 Å². The Morgan fingerprint density at radius 3 is 2.39 bits per heavy atom. The molecule has 1 unspecified atom stereocenters. The Balaban J connectivity index is 2.11. The SMILES string of the molecule is CCCCCN(C(=O)CCC(C)CN(C(=O)c1cccc(CN)c1)c1ccccc1)C(=O)C[N+](=O)[O-]. The van der Waals surface area contributed by atoms with Crippen LogP contribution in [0, 0.1) is 16.0 Å². The molecule has 0 aromatic heterocycles. The average molecular weight is 497 g/mol. The monoisotopic (exact) mass is 496 g/mol. The van der Waals surface area contributed by atoms with Crippen LogP contribution < -0.4 is 10.6 Å². The van der Waals surface area contributed by atoms with Gasteiger partial charge in [-0.2, -0.15) is 0 Å². The summed E-state index contributed by atoms with van der Waals surface area (Å²) in [5.74, 6) is -1.44. The highest BCUT2D eigenvalue weighted by Gasteiger charge is 2.26. The number of amides is 3. The highest BCUT2D eigenvalue weighted by molar-refractivity contribution is 6.06. The number of carbonyl (C=O) groups excluding carboxylic acids is 3. The van der Waals surface area contributed by atoms with Gasteiger partial charge in [0.2, 0.25) is 5.91 Å². The molecule has 194 valence electrons. The van der Waals surface area contributed by atoms with E-state index in [2.05, 4.69) is 0 Å². The van der Waals surface area contributed by atoms with Gasteiger partial charge in [-0.05, 0) is 48.6 Å². The molecule has 0 heterocycles. The van der Waals surface area contributed by atoms with Crippen LogP contribution in [-0.2, 0) is 16.1 Å². The first-order chi connectivity index (χ1) is 17.3. The Morgan fingerprint density at radius 1 is 1.03 bits per heavy atom. The normalized spacial score (nSPS) is 11.5. The van der Waals surface area contributed by atoms with E-state index >= 15 is 0 Å². The number of rotatable bonds is 14. The summed E-state index contributed by atoms with van der Waals surface area (Å²) < 4.78 is 0. The molecule has 0 aliphatic heterocycles.